The molecule has 0 N–H and O–H groups in total. The molecule has 6 aromatic carbocycles. The Morgan fingerprint density at radius 2 is 0.836 bits per heavy atom. The highest BCUT2D eigenvalue weighted by molar-refractivity contribution is 5.40. The largest absolute Gasteiger partial charge is 0.457 e. The monoisotopic (exact) mass is 724 g/mol. The van der Waals surface area contributed by atoms with Crippen LogP contribution in [0.25, 0.3) is 0 Å². The molecule has 55 heavy (non-hydrogen) atoms. The molecule has 4 atom stereocenters. The van der Waals surface area contributed by atoms with Gasteiger partial charge in [-0.05, 0) is 121 Å². The van der Waals surface area contributed by atoms with E-state index in [4.69, 9.17) is 14.2 Å². The Kier molecular flexibility index (Phi) is 12.5. The zero-order valence-electron chi connectivity index (χ0n) is 32.1. The molecule has 5 nitrogen and oxygen atoms in total. The van der Waals surface area contributed by atoms with Crippen LogP contribution in [0, 0.1) is 22.7 Å². The molecule has 0 saturated carbocycles. The van der Waals surface area contributed by atoms with Crippen LogP contribution in [0.2, 0.25) is 0 Å². The highest BCUT2D eigenvalue weighted by atomic mass is 16.5. The minimum Gasteiger partial charge on any atom is -0.457 e. The minimum absolute atomic E-state index is 0.282. The summed E-state index contributed by atoms with van der Waals surface area (Å²) >= 11 is 0. The van der Waals surface area contributed by atoms with E-state index in [0.29, 0.717) is 24.0 Å². The highest BCUT2D eigenvalue weighted by Gasteiger charge is 2.42. The Balaban J connectivity index is 1.43. The molecule has 6 rings (SSSR count). The topological polar surface area (TPSA) is 75.3 Å². The molecule has 6 aromatic rings. The number of nitrogens with zero attached hydrogens (tertiary/aromatic N) is 2. The third-order valence-corrected chi connectivity index (χ3v) is 11.2. The first-order chi connectivity index (χ1) is 26.8. The van der Waals surface area contributed by atoms with Gasteiger partial charge in [0, 0.05) is 10.8 Å². The van der Waals surface area contributed by atoms with Crippen LogP contribution in [-0.2, 0) is 28.4 Å². The summed E-state index contributed by atoms with van der Waals surface area (Å²) in [6, 6.07) is 56.6. The Morgan fingerprint density at radius 1 is 0.473 bits per heavy atom. The molecule has 0 bridgehead atoms. The van der Waals surface area contributed by atoms with Gasteiger partial charge in [0.15, 0.2) is 0 Å². The number of rotatable bonds is 16. The van der Waals surface area contributed by atoms with Gasteiger partial charge in [0.1, 0.15) is 23.0 Å². The molecule has 0 amide bonds. The molecular weight excluding hydrogens is 677 g/mol. The van der Waals surface area contributed by atoms with Gasteiger partial charge in [0.2, 0.25) is 0 Å². The van der Waals surface area contributed by atoms with Crippen molar-refractivity contribution < 1.29 is 14.2 Å². The quantitative estimate of drug-likeness (QED) is 0.0993. The molecule has 0 aliphatic carbocycles. The van der Waals surface area contributed by atoms with Gasteiger partial charge in [-0.25, -0.2) is 0 Å². The molecule has 276 valence electrons. The Bertz CT molecular complexity index is 2060. The van der Waals surface area contributed by atoms with E-state index in [9.17, 15) is 10.5 Å². The van der Waals surface area contributed by atoms with Gasteiger partial charge in [0.25, 0.3) is 0 Å². The van der Waals surface area contributed by atoms with Crippen molar-refractivity contribution in [3.05, 3.63) is 191 Å². The summed E-state index contributed by atoms with van der Waals surface area (Å²) in [4.78, 5) is 0. The molecule has 5 heteroatoms. The van der Waals surface area contributed by atoms with Gasteiger partial charge in [0.05, 0.1) is 35.5 Å². The Hall–Kier alpha value is -6.14. The van der Waals surface area contributed by atoms with E-state index in [0.717, 1.165) is 58.1 Å². The lowest BCUT2D eigenvalue weighted by Gasteiger charge is -2.45. The predicted molar refractivity (Wildman–Crippen MR) is 220 cm³/mol. The highest BCUT2D eigenvalue weighted by Crippen LogP contribution is 2.42. The second kappa shape index (κ2) is 17.8. The molecule has 0 aliphatic rings. The molecule has 0 heterocycles. The fourth-order valence-electron chi connectivity index (χ4n) is 7.28. The van der Waals surface area contributed by atoms with Crippen molar-refractivity contribution in [2.75, 3.05) is 0 Å². The van der Waals surface area contributed by atoms with Gasteiger partial charge in [-0.1, -0.05) is 113 Å². The standard InChI is InChI=1S/C50H48N2O3/c1-5-49(3,41-27-23-37(35-51)24-28-41)47(33-39-15-13-21-45(31-39)53-43-17-9-7-10-18-43)55-48(50(4,6-2)42-29-25-38(36-52)26-30-42)34-40-16-14-22-46(32-40)54-44-19-11-8-12-20-44/h7-32,47-48H,5-6,33-34H2,1-4H3. The normalized spacial score (nSPS) is 14.3. The molecule has 0 spiro atoms. The zero-order valence-corrected chi connectivity index (χ0v) is 32.1. The minimum atomic E-state index is -0.430. The summed E-state index contributed by atoms with van der Waals surface area (Å²) in [6.07, 6.45) is 2.28. The fraction of sp³-hybridized carbons (Fsp3) is 0.240. The lowest BCUT2D eigenvalue weighted by Crippen LogP contribution is -2.48. The van der Waals surface area contributed by atoms with E-state index in [2.05, 4.69) is 88.4 Å². The first-order valence-electron chi connectivity index (χ1n) is 19.1. The smallest absolute Gasteiger partial charge is 0.127 e. The first kappa shape index (κ1) is 38.6. The molecular formula is C50H48N2O3. The average molecular weight is 725 g/mol. The fourth-order valence-corrected chi connectivity index (χ4v) is 7.28. The van der Waals surface area contributed by atoms with E-state index in [-0.39, 0.29) is 12.2 Å². The first-order valence-corrected chi connectivity index (χ1v) is 19.1. The van der Waals surface area contributed by atoms with Crippen molar-refractivity contribution in [2.24, 2.45) is 0 Å². The van der Waals surface area contributed by atoms with Crippen molar-refractivity contribution in [3.63, 3.8) is 0 Å². The van der Waals surface area contributed by atoms with Gasteiger partial charge >= 0.3 is 0 Å². The van der Waals surface area contributed by atoms with Gasteiger partial charge in [-0.2, -0.15) is 10.5 Å². The molecule has 4 unspecified atom stereocenters. The summed E-state index contributed by atoms with van der Waals surface area (Å²) in [5, 5.41) is 19.3. The van der Waals surface area contributed by atoms with Crippen LogP contribution < -0.4 is 9.47 Å². The van der Waals surface area contributed by atoms with E-state index in [1.54, 1.807) is 0 Å². The van der Waals surface area contributed by atoms with Crippen LogP contribution in [0.15, 0.2) is 158 Å². The van der Waals surface area contributed by atoms with Crippen molar-refractivity contribution in [1.82, 2.24) is 0 Å². The number of nitriles is 2. The summed E-state index contributed by atoms with van der Waals surface area (Å²) < 4.78 is 20.3. The van der Waals surface area contributed by atoms with Crippen molar-refractivity contribution >= 4 is 0 Å². The van der Waals surface area contributed by atoms with Crippen LogP contribution in [0.4, 0.5) is 0 Å². The van der Waals surface area contributed by atoms with Crippen LogP contribution in [0.1, 0.15) is 73.9 Å². The number of hydrogen-bond acceptors (Lipinski definition) is 5. The summed E-state index contributed by atoms with van der Waals surface area (Å²) in [7, 11) is 0. The van der Waals surface area contributed by atoms with Crippen LogP contribution in [0.3, 0.4) is 0 Å². The Labute approximate surface area is 326 Å². The molecule has 0 radical (unpaired) electrons. The second-order valence-corrected chi connectivity index (χ2v) is 14.6. The van der Waals surface area contributed by atoms with Crippen molar-refractivity contribution in [3.8, 4) is 35.1 Å². The number of para-hydroxylation sites is 2. The van der Waals surface area contributed by atoms with Crippen LogP contribution in [0.5, 0.6) is 23.0 Å². The number of ether oxygens (including phenoxy) is 3. The van der Waals surface area contributed by atoms with Crippen molar-refractivity contribution in [1.29, 1.82) is 10.5 Å². The van der Waals surface area contributed by atoms with E-state index < -0.39 is 10.8 Å². The average Bonchev–Trinajstić information content (AvgIpc) is 3.23. The van der Waals surface area contributed by atoms with Gasteiger partial charge < -0.3 is 14.2 Å². The third-order valence-electron chi connectivity index (χ3n) is 11.2. The summed E-state index contributed by atoms with van der Waals surface area (Å²) in [5.41, 5.74) is 4.81. The molecule has 0 saturated heterocycles. The lowest BCUT2D eigenvalue weighted by atomic mass is 9.70. The van der Waals surface area contributed by atoms with Crippen LogP contribution in [-0.4, -0.2) is 12.2 Å². The Morgan fingerprint density at radius 3 is 1.18 bits per heavy atom. The second-order valence-electron chi connectivity index (χ2n) is 14.6. The van der Waals surface area contributed by atoms with Gasteiger partial charge in [-0.3, -0.25) is 0 Å². The number of hydrogen-bond donors (Lipinski definition) is 0. The molecule has 0 aromatic heterocycles. The zero-order chi connectivity index (χ0) is 38.7. The predicted octanol–water partition coefficient (Wildman–Crippen LogP) is 12.3. The third kappa shape index (κ3) is 9.33. The SMILES string of the molecule is CCC(C)(c1ccc(C#N)cc1)C(Cc1cccc(Oc2ccccc2)c1)OC(Cc1cccc(Oc2ccccc2)c1)C(C)(CC)c1ccc(C#N)cc1. The van der Waals surface area contributed by atoms with Crippen LogP contribution >= 0.6 is 0 Å². The van der Waals surface area contributed by atoms with Gasteiger partial charge in [-0.15, -0.1) is 0 Å². The summed E-state index contributed by atoms with van der Waals surface area (Å²) in [5.74, 6) is 3.09. The summed E-state index contributed by atoms with van der Waals surface area (Å²) in [6.45, 7) is 8.98. The van der Waals surface area contributed by atoms with Crippen molar-refractivity contribution in [2.45, 2.75) is 76.4 Å². The van der Waals surface area contributed by atoms with E-state index >= 15 is 0 Å². The molecule has 0 aliphatic heterocycles. The van der Waals surface area contributed by atoms with E-state index in [1.165, 1.54) is 0 Å². The number of benzene rings is 6. The maximum atomic E-state index is 9.63. The molecule has 0 fully saturated rings. The maximum Gasteiger partial charge on any atom is 0.127 e. The maximum absolute atomic E-state index is 9.63. The lowest BCUT2D eigenvalue weighted by molar-refractivity contribution is -0.0840. The van der Waals surface area contributed by atoms with E-state index in [1.807, 2.05) is 109 Å².